The molecule has 0 spiro atoms. The molecule has 1 nitrogen and oxygen atoms in total. The van der Waals surface area contributed by atoms with Crippen LogP contribution >= 0.6 is 11.6 Å². The standard InChI is InChI=1S/C8H17ClN.ClH/c1-8-4-3-5-10(2,6-8)7-9;/h8H,3-7H2,1-2H3;1H/q+1;/p-1. The molecule has 0 aromatic rings. The molecule has 0 N–H and O–H groups in total. The summed E-state index contributed by atoms with van der Waals surface area (Å²) < 4.78 is 1.07. The normalized spacial score (nSPS) is 37.9. The third kappa shape index (κ3) is 3.18. The monoisotopic (exact) mass is 197 g/mol. The quantitative estimate of drug-likeness (QED) is 0.290. The average molecular weight is 198 g/mol. The molecule has 2 atom stereocenters. The zero-order valence-corrected chi connectivity index (χ0v) is 8.83. The van der Waals surface area contributed by atoms with Crippen LogP contribution in [0.1, 0.15) is 19.8 Å². The lowest BCUT2D eigenvalue weighted by Crippen LogP contribution is -3.00. The van der Waals surface area contributed by atoms with Crippen molar-refractivity contribution in [1.82, 2.24) is 0 Å². The van der Waals surface area contributed by atoms with Gasteiger partial charge in [0.15, 0.2) is 6.00 Å². The Morgan fingerprint density at radius 2 is 2.18 bits per heavy atom. The predicted molar refractivity (Wildman–Crippen MR) is 45.0 cm³/mol. The minimum Gasteiger partial charge on any atom is -1.00 e. The van der Waals surface area contributed by atoms with Crippen molar-refractivity contribution in [3.8, 4) is 0 Å². The van der Waals surface area contributed by atoms with Gasteiger partial charge in [-0.3, -0.25) is 0 Å². The zero-order valence-electron chi connectivity index (χ0n) is 7.32. The topological polar surface area (TPSA) is 0 Å². The van der Waals surface area contributed by atoms with E-state index in [1.54, 1.807) is 0 Å². The fourth-order valence-corrected chi connectivity index (χ4v) is 2.08. The fourth-order valence-electron chi connectivity index (χ4n) is 1.87. The van der Waals surface area contributed by atoms with Gasteiger partial charge in [0, 0.05) is 5.92 Å². The first kappa shape index (κ1) is 11.5. The summed E-state index contributed by atoms with van der Waals surface area (Å²) in [7, 11) is 2.25. The van der Waals surface area contributed by atoms with Crippen LogP contribution in [-0.2, 0) is 0 Å². The molecule has 1 fully saturated rings. The molecule has 0 saturated carbocycles. The van der Waals surface area contributed by atoms with Crippen LogP contribution in [0.25, 0.3) is 0 Å². The van der Waals surface area contributed by atoms with E-state index >= 15 is 0 Å². The highest BCUT2D eigenvalue weighted by atomic mass is 35.5. The van der Waals surface area contributed by atoms with Crippen molar-refractivity contribution in [2.45, 2.75) is 19.8 Å². The number of piperidine rings is 1. The number of hydrogen-bond donors (Lipinski definition) is 0. The molecule has 11 heavy (non-hydrogen) atoms. The van der Waals surface area contributed by atoms with Crippen LogP contribution in [0.2, 0.25) is 0 Å². The van der Waals surface area contributed by atoms with Gasteiger partial charge in [-0.15, -0.1) is 0 Å². The van der Waals surface area contributed by atoms with Crippen molar-refractivity contribution in [1.29, 1.82) is 0 Å². The van der Waals surface area contributed by atoms with E-state index < -0.39 is 0 Å². The number of hydrogen-bond acceptors (Lipinski definition) is 0. The van der Waals surface area contributed by atoms with Crippen LogP contribution in [0.15, 0.2) is 0 Å². The largest absolute Gasteiger partial charge is 1.00 e. The lowest BCUT2D eigenvalue weighted by molar-refractivity contribution is -0.906. The van der Waals surface area contributed by atoms with Crippen LogP contribution < -0.4 is 12.4 Å². The smallest absolute Gasteiger partial charge is 0.154 e. The van der Waals surface area contributed by atoms with Gasteiger partial charge in [-0.25, -0.2) is 0 Å². The van der Waals surface area contributed by atoms with E-state index in [1.807, 2.05) is 0 Å². The minimum absolute atomic E-state index is 0. The molecule has 1 aliphatic rings. The van der Waals surface area contributed by atoms with Crippen LogP contribution in [0.5, 0.6) is 0 Å². The highest BCUT2D eigenvalue weighted by Gasteiger charge is 2.27. The van der Waals surface area contributed by atoms with Crippen LogP contribution in [0, 0.1) is 5.92 Å². The Hall–Kier alpha value is 0.540. The maximum Gasteiger partial charge on any atom is 0.154 e. The van der Waals surface area contributed by atoms with E-state index in [4.69, 9.17) is 11.6 Å². The molecule has 0 bridgehead atoms. The Balaban J connectivity index is 0.000001000. The summed E-state index contributed by atoms with van der Waals surface area (Å²) in [6.45, 7) is 4.86. The number of alkyl halides is 1. The van der Waals surface area contributed by atoms with Crippen molar-refractivity contribution >= 4 is 11.6 Å². The van der Waals surface area contributed by atoms with E-state index in [-0.39, 0.29) is 12.4 Å². The predicted octanol–water partition coefficient (Wildman–Crippen LogP) is -0.937. The fraction of sp³-hybridized carbons (Fsp3) is 1.00. The summed E-state index contributed by atoms with van der Waals surface area (Å²) in [6.07, 6.45) is 2.75. The second kappa shape index (κ2) is 4.54. The Labute approximate surface area is 80.7 Å². The average Bonchev–Trinajstić information content (AvgIpc) is 1.88. The van der Waals surface area contributed by atoms with Crippen molar-refractivity contribution in [2.24, 2.45) is 5.92 Å². The molecule has 2 unspecified atom stereocenters. The van der Waals surface area contributed by atoms with Gasteiger partial charge < -0.3 is 16.9 Å². The summed E-state index contributed by atoms with van der Waals surface area (Å²) in [5.74, 6) is 0.873. The minimum atomic E-state index is 0. The Morgan fingerprint density at radius 1 is 1.55 bits per heavy atom. The van der Waals surface area contributed by atoms with Gasteiger partial charge in [0.2, 0.25) is 0 Å². The molecule has 1 aliphatic heterocycles. The lowest BCUT2D eigenvalue weighted by atomic mass is 9.99. The van der Waals surface area contributed by atoms with Gasteiger partial charge in [0.25, 0.3) is 0 Å². The second-order valence-electron chi connectivity index (χ2n) is 3.89. The summed E-state index contributed by atoms with van der Waals surface area (Å²) in [6, 6.07) is 0.782. The molecular weight excluding hydrogens is 181 g/mol. The van der Waals surface area contributed by atoms with Gasteiger partial charge >= 0.3 is 0 Å². The first-order chi connectivity index (χ1) is 4.66. The summed E-state index contributed by atoms with van der Waals surface area (Å²) in [5.41, 5.74) is 0. The van der Waals surface area contributed by atoms with E-state index in [0.717, 1.165) is 16.4 Å². The number of nitrogens with zero attached hydrogens (tertiary/aromatic N) is 1. The highest BCUT2D eigenvalue weighted by molar-refractivity contribution is 6.16. The molecule has 3 heteroatoms. The maximum atomic E-state index is 5.86. The number of quaternary nitrogens is 1. The van der Waals surface area contributed by atoms with Crippen LogP contribution in [-0.4, -0.2) is 30.6 Å². The van der Waals surface area contributed by atoms with Crippen molar-refractivity contribution in [3.05, 3.63) is 0 Å². The van der Waals surface area contributed by atoms with E-state index in [9.17, 15) is 0 Å². The third-order valence-electron chi connectivity index (χ3n) is 2.44. The number of rotatable bonds is 1. The molecule has 0 radical (unpaired) electrons. The molecule has 0 aromatic carbocycles. The Kier molecular flexibility index (Phi) is 4.76. The molecule has 1 saturated heterocycles. The van der Waals surface area contributed by atoms with Crippen LogP contribution in [0.3, 0.4) is 0 Å². The maximum absolute atomic E-state index is 5.86. The molecular formula is C8H17Cl2N. The number of likely N-dealkylation sites (tertiary alicyclic amines) is 1. The lowest BCUT2D eigenvalue weighted by Gasteiger charge is -2.38. The molecule has 0 amide bonds. The zero-order chi connectivity index (χ0) is 7.61. The molecule has 1 rings (SSSR count). The van der Waals surface area contributed by atoms with Gasteiger partial charge in [0.05, 0.1) is 20.1 Å². The van der Waals surface area contributed by atoms with Crippen molar-refractivity contribution in [3.63, 3.8) is 0 Å². The Bertz CT molecular complexity index is 119. The molecule has 68 valence electrons. The first-order valence-corrected chi connectivity index (χ1v) is 4.59. The Morgan fingerprint density at radius 3 is 2.55 bits per heavy atom. The molecule has 1 heterocycles. The third-order valence-corrected chi connectivity index (χ3v) is 3.01. The summed E-state index contributed by atoms with van der Waals surface area (Å²) in [5, 5.41) is 0. The van der Waals surface area contributed by atoms with E-state index in [0.29, 0.717) is 0 Å². The van der Waals surface area contributed by atoms with Crippen molar-refractivity contribution in [2.75, 3.05) is 26.1 Å². The van der Waals surface area contributed by atoms with E-state index in [1.165, 1.54) is 25.9 Å². The van der Waals surface area contributed by atoms with Crippen LogP contribution in [0.4, 0.5) is 0 Å². The SMILES string of the molecule is CC1CCC[N+](C)(CCl)C1.[Cl-]. The van der Waals surface area contributed by atoms with E-state index in [2.05, 4.69) is 14.0 Å². The van der Waals surface area contributed by atoms with Gasteiger partial charge in [-0.05, 0) is 12.8 Å². The molecule has 0 aliphatic carbocycles. The summed E-state index contributed by atoms with van der Waals surface area (Å²) >= 11 is 5.86. The molecule has 0 aromatic heterocycles. The second-order valence-corrected chi connectivity index (χ2v) is 4.13. The van der Waals surface area contributed by atoms with Gasteiger partial charge in [-0.1, -0.05) is 18.5 Å². The summed E-state index contributed by atoms with van der Waals surface area (Å²) in [4.78, 5) is 0. The van der Waals surface area contributed by atoms with Gasteiger partial charge in [-0.2, -0.15) is 0 Å². The van der Waals surface area contributed by atoms with Crippen molar-refractivity contribution < 1.29 is 16.9 Å². The van der Waals surface area contributed by atoms with Gasteiger partial charge in [0.1, 0.15) is 0 Å². The number of halogens is 2. The highest BCUT2D eigenvalue weighted by Crippen LogP contribution is 2.21. The first-order valence-electron chi connectivity index (χ1n) is 4.06.